The molecule has 1 amide bonds. The Kier molecular flexibility index (Phi) is 3.55. The van der Waals surface area contributed by atoms with E-state index in [4.69, 9.17) is 4.74 Å². The van der Waals surface area contributed by atoms with Crippen molar-refractivity contribution in [3.8, 4) is 5.75 Å². The molecule has 1 heterocycles. The number of amides is 1. The van der Waals surface area contributed by atoms with Crippen molar-refractivity contribution in [3.63, 3.8) is 0 Å². The van der Waals surface area contributed by atoms with Crippen LogP contribution in [0.5, 0.6) is 5.75 Å². The molecular weight excluding hydrogens is 216 g/mol. The van der Waals surface area contributed by atoms with Crippen LogP contribution >= 0.6 is 0 Å². The van der Waals surface area contributed by atoms with Gasteiger partial charge in [-0.3, -0.25) is 4.79 Å². The quantitative estimate of drug-likeness (QED) is 0.802. The third kappa shape index (κ3) is 2.72. The highest BCUT2D eigenvalue weighted by atomic mass is 16.5. The van der Waals surface area contributed by atoms with E-state index in [0.717, 1.165) is 11.3 Å². The Labute approximate surface area is 100.0 Å². The molecule has 0 aliphatic carbocycles. The minimum atomic E-state index is -0.0731. The molecule has 1 N–H and O–H groups in total. The Morgan fingerprint density at radius 2 is 2.35 bits per heavy atom. The highest BCUT2D eigenvalue weighted by Gasteiger charge is 2.20. The largest absolute Gasteiger partial charge is 0.489 e. The Bertz CT molecular complexity index is 454. The number of nitrogens with zero attached hydrogens (tertiary/aromatic N) is 1. The Morgan fingerprint density at radius 3 is 3.12 bits per heavy atom. The molecule has 1 atom stereocenters. The SMILES string of the molecule is C=CCOc1ccccc1C1C=NNC(=O)C1. The molecule has 1 aliphatic heterocycles. The van der Waals surface area contributed by atoms with Gasteiger partial charge in [-0.25, -0.2) is 5.43 Å². The van der Waals surface area contributed by atoms with Crippen molar-refractivity contribution < 1.29 is 9.53 Å². The number of nitrogens with one attached hydrogen (secondary N) is 1. The van der Waals surface area contributed by atoms with Gasteiger partial charge < -0.3 is 4.74 Å². The van der Waals surface area contributed by atoms with E-state index < -0.39 is 0 Å². The molecule has 1 aromatic carbocycles. The molecular formula is C13H14N2O2. The number of carbonyl (C=O) groups excluding carboxylic acids is 1. The predicted molar refractivity (Wildman–Crippen MR) is 66.1 cm³/mol. The highest BCUT2D eigenvalue weighted by molar-refractivity contribution is 5.86. The van der Waals surface area contributed by atoms with E-state index in [1.807, 2.05) is 24.3 Å². The molecule has 1 aliphatic rings. The van der Waals surface area contributed by atoms with E-state index in [9.17, 15) is 4.79 Å². The fourth-order valence-electron chi connectivity index (χ4n) is 1.75. The van der Waals surface area contributed by atoms with E-state index in [0.29, 0.717) is 13.0 Å². The van der Waals surface area contributed by atoms with Crippen LogP contribution < -0.4 is 10.2 Å². The van der Waals surface area contributed by atoms with Crippen LogP contribution in [0.15, 0.2) is 42.0 Å². The van der Waals surface area contributed by atoms with Gasteiger partial charge in [0.2, 0.25) is 5.91 Å². The van der Waals surface area contributed by atoms with E-state index in [1.54, 1.807) is 12.3 Å². The predicted octanol–water partition coefficient (Wildman–Crippen LogP) is 1.84. The fourth-order valence-corrected chi connectivity index (χ4v) is 1.75. The third-order valence-electron chi connectivity index (χ3n) is 2.52. The van der Waals surface area contributed by atoms with Crippen LogP contribution in [0.2, 0.25) is 0 Å². The molecule has 0 aromatic heterocycles. The molecule has 2 rings (SSSR count). The standard InChI is InChI=1S/C13H14N2O2/c1-2-7-17-12-6-4-3-5-11(12)10-8-13(16)15-14-9-10/h2-6,9-10H,1,7-8H2,(H,15,16). The molecule has 88 valence electrons. The average molecular weight is 230 g/mol. The summed E-state index contributed by atoms with van der Waals surface area (Å²) in [5.74, 6) is 0.680. The van der Waals surface area contributed by atoms with Crippen molar-refractivity contribution in [2.45, 2.75) is 12.3 Å². The maximum absolute atomic E-state index is 11.3. The summed E-state index contributed by atoms with van der Waals surface area (Å²) in [6.45, 7) is 4.07. The van der Waals surface area contributed by atoms with Crippen molar-refractivity contribution in [1.29, 1.82) is 0 Å². The van der Waals surface area contributed by atoms with Crippen LogP contribution in [-0.2, 0) is 4.79 Å². The number of para-hydroxylation sites is 1. The van der Waals surface area contributed by atoms with E-state index in [2.05, 4.69) is 17.1 Å². The summed E-state index contributed by atoms with van der Waals surface area (Å²) >= 11 is 0. The molecule has 0 bridgehead atoms. The Balaban J connectivity index is 2.24. The zero-order chi connectivity index (χ0) is 12.1. The minimum absolute atomic E-state index is 0.0234. The molecule has 4 heteroatoms. The maximum atomic E-state index is 11.3. The van der Waals surface area contributed by atoms with E-state index in [1.165, 1.54) is 0 Å². The van der Waals surface area contributed by atoms with Crippen LogP contribution in [-0.4, -0.2) is 18.7 Å². The van der Waals surface area contributed by atoms with E-state index in [-0.39, 0.29) is 11.8 Å². The summed E-state index contributed by atoms with van der Waals surface area (Å²) in [5.41, 5.74) is 3.40. The van der Waals surface area contributed by atoms with Crippen molar-refractivity contribution in [1.82, 2.24) is 5.43 Å². The number of hydrazone groups is 1. The molecule has 1 aromatic rings. The zero-order valence-electron chi connectivity index (χ0n) is 9.43. The van der Waals surface area contributed by atoms with Crippen molar-refractivity contribution in [3.05, 3.63) is 42.5 Å². The molecule has 1 unspecified atom stereocenters. The van der Waals surface area contributed by atoms with E-state index >= 15 is 0 Å². The summed E-state index contributed by atoms with van der Waals surface area (Å²) in [6.07, 6.45) is 3.83. The minimum Gasteiger partial charge on any atom is -0.489 e. The van der Waals surface area contributed by atoms with Gasteiger partial charge in [0.15, 0.2) is 0 Å². The third-order valence-corrected chi connectivity index (χ3v) is 2.52. The second-order valence-corrected chi connectivity index (χ2v) is 3.76. The molecule has 0 saturated heterocycles. The van der Waals surface area contributed by atoms with Gasteiger partial charge in [0.1, 0.15) is 12.4 Å². The van der Waals surface area contributed by atoms with Crippen LogP contribution in [0, 0.1) is 0 Å². The van der Waals surface area contributed by atoms with Crippen molar-refractivity contribution in [2.75, 3.05) is 6.61 Å². The van der Waals surface area contributed by atoms with Gasteiger partial charge in [-0.1, -0.05) is 30.9 Å². The average Bonchev–Trinajstić information content (AvgIpc) is 2.37. The number of ether oxygens (including phenoxy) is 1. The monoisotopic (exact) mass is 230 g/mol. The van der Waals surface area contributed by atoms with Gasteiger partial charge in [0.05, 0.1) is 0 Å². The summed E-state index contributed by atoms with van der Waals surface area (Å²) < 4.78 is 5.56. The number of carbonyl (C=O) groups is 1. The summed E-state index contributed by atoms with van der Waals surface area (Å²) in [5, 5.41) is 3.84. The number of benzene rings is 1. The van der Waals surface area contributed by atoms with Crippen LogP contribution in [0.25, 0.3) is 0 Å². The van der Waals surface area contributed by atoms with Gasteiger partial charge in [0.25, 0.3) is 0 Å². The van der Waals surface area contributed by atoms with Crippen molar-refractivity contribution in [2.24, 2.45) is 5.10 Å². The lowest BCUT2D eigenvalue weighted by atomic mass is 9.95. The molecule has 17 heavy (non-hydrogen) atoms. The molecule has 4 nitrogen and oxygen atoms in total. The summed E-state index contributed by atoms with van der Waals surface area (Å²) in [4.78, 5) is 11.3. The first kappa shape index (κ1) is 11.4. The first-order valence-corrected chi connectivity index (χ1v) is 5.46. The lowest BCUT2D eigenvalue weighted by molar-refractivity contribution is -0.121. The first-order valence-electron chi connectivity index (χ1n) is 5.46. The van der Waals surface area contributed by atoms with Gasteiger partial charge in [-0.15, -0.1) is 0 Å². The van der Waals surface area contributed by atoms with Crippen molar-refractivity contribution >= 4 is 12.1 Å². The fraction of sp³-hybridized carbons (Fsp3) is 0.231. The number of hydrogen-bond donors (Lipinski definition) is 1. The Hall–Kier alpha value is -2.10. The highest BCUT2D eigenvalue weighted by Crippen LogP contribution is 2.28. The van der Waals surface area contributed by atoms with Gasteiger partial charge in [-0.2, -0.15) is 5.10 Å². The maximum Gasteiger partial charge on any atom is 0.241 e. The second-order valence-electron chi connectivity index (χ2n) is 3.76. The van der Waals surface area contributed by atoms with Gasteiger partial charge in [0, 0.05) is 24.1 Å². The second kappa shape index (κ2) is 5.30. The Morgan fingerprint density at radius 1 is 1.53 bits per heavy atom. The van der Waals surface area contributed by atoms with Crippen LogP contribution in [0.1, 0.15) is 17.9 Å². The van der Waals surface area contributed by atoms with Crippen LogP contribution in [0.4, 0.5) is 0 Å². The number of rotatable bonds is 4. The summed E-state index contributed by atoms with van der Waals surface area (Å²) in [6, 6.07) is 7.67. The lowest BCUT2D eigenvalue weighted by Crippen LogP contribution is -2.26. The normalized spacial score (nSPS) is 18.6. The van der Waals surface area contributed by atoms with Crippen LogP contribution in [0.3, 0.4) is 0 Å². The molecule has 0 fully saturated rings. The van der Waals surface area contributed by atoms with Gasteiger partial charge >= 0.3 is 0 Å². The first-order chi connectivity index (χ1) is 8.31. The molecule has 0 radical (unpaired) electrons. The van der Waals surface area contributed by atoms with Gasteiger partial charge in [-0.05, 0) is 6.07 Å². The lowest BCUT2D eigenvalue weighted by Gasteiger charge is -2.18. The molecule has 0 spiro atoms. The summed E-state index contributed by atoms with van der Waals surface area (Å²) in [7, 11) is 0. The topological polar surface area (TPSA) is 50.7 Å². The molecule has 0 saturated carbocycles. The smallest absolute Gasteiger partial charge is 0.241 e. The number of hydrogen-bond acceptors (Lipinski definition) is 3. The zero-order valence-corrected chi connectivity index (χ0v) is 9.43.